The number of hydrogen-bond donors (Lipinski definition) is 0. The average Bonchev–Trinajstić information content (AvgIpc) is 2.86. The summed E-state index contributed by atoms with van der Waals surface area (Å²) in [5.74, 6) is -0.949. The van der Waals surface area contributed by atoms with E-state index < -0.39 is 28.8 Å². The Bertz CT molecular complexity index is 1010. The Balaban J connectivity index is 2.18. The summed E-state index contributed by atoms with van der Waals surface area (Å²) < 4.78 is 10.7. The number of likely N-dealkylation sites (N-methyl/N-ethyl adjacent to an activating group) is 1. The Kier molecular flexibility index (Phi) is 7.09. The van der Waals surface area contributed by atoms with Crippen molar-refractivity contribution in [3.05, 3.63) is 63.7 Å². The summed E-state index contributed by atoms with van der Waals surface area (Å²) in [5.41, 5.74) is 1.58. The summed E-state index contributed by atoms with van der Waals surface area (Å²) >= 11 is 0. The van der Waals surface area contributed by atoms with E-state index in [1.807, 2.05) is 19.0 Å². The first-order valence-electron chi connectivity index (χ1n) is 10.3. The molecule has 9 heteroatoms. The number of methoxy groups -OCH3 is 1. The number of rotatable bonds is 7. The second kappa shape index (κ2) is 9.78. The van der Waals surface area contributed by atoms with Crippen LogP contribution in [0.2, 0.25) is 0 Å². The van der Waals surface area contributed by atoms with Gasteiger partial charge in [-0.25, -0.2) is 0 Å². The molecular weight excluding hydrogens is 414 g/mol. The van der Waals surface area contributed by atoms with E-state index in [1.54, 1.807) is 43.5 Å². The molecule has 32 heavy (non-hydrogen) atoms. The second-order valence-corrected chi connectivity index (χ2v) is 7.94. The standard InChI is InChI=1S/C23H27N3O6/c1-15(27)32-22-18(16-8-10-17(31-4)11-9-16)14-19-20(6-5-7-21(19)26(29)30)25(23(22)28)13-12-24(2)3/h5-11,18,22H,12-14H2,1-4H3/t18-,22+/m0/s1. The molecule has 0 aliphatic carbocycles. The fraction of sp³-hybridized carbons (Fsp3) is 0.391. The first-order chi connectivity index (χ1) is 15.2. The third-order valence-corrected chi connectivity index (χ3v) is 5.52. The highest BCUT2D eigenvalue weighted by Gasteiger charge is 2.42. The summed E-state index contributed by atoms with van der Waals surface area (Å²) in [6.07, 6.45) is -0.948. The highest BCUT2D eigenvalue weighted by molar-refractivity contribution is 6.00. The number of carbonyl (C=O) groups excluding carboxylic acids is 2. The fourth-order valence-corrected chi connectivity index (χ4v) is 3.95. The zero-order valence-corrected chi connectivity index (χ0v) is 18.6. The van der Waals surface area contributed by atoms with Gasteiger partial charge in [0.25, 0.3) is 11.6 Å². The van der Waals surface area contributed by atoms with E-state index in [9.17, 15) is 19.7 Å². The second-order valence-electron chi connectivity index (χ2n) is 7.94. The van der Waals surface area contributed by atoms with Gasteiger partial charge in [-0.3, -0.25) is 19.7 Å². The number of benzene rings is 2. The maximum absolute atomic E-state index is 13.7. The monoisotopic (exact) mass is 441 g/mol. The van der Waals surface area contributed by atoms with Gasteiger partial charge in [0.1, 0.15) is 5.75 Å². The van der Waals surface area contributed by atoms with Crippen LogP contribution in [0, 0.1) is 10.1 Å². The first kappa shape index (κ1) is 23.2. The lowest BCUT2D eigenvalue weighted by Gasteiger charge is -2.29. The van der Waals surface area contributed by atoms with Gasteiger partial charge in [-0.15, -0.1) is 0 Å². The van der Waals surface area contributed by atoms with Crippen LogP contribution in [-0.2, 0) is 20.7 Å². The van der Waals surface area contributed by atoms with E-state index >= 15 is 0 Å². The fourth-order valence-electron chi connectivity index (χ4n) is 3.95. The summed E-state index contributed by atoms with van der Waals surface area (Å²) in [7, 11) is 5.30. The number of carbonyl (C=O) groups is 2. The van der Waals surface area contributed by atoms with Crippen molar-refractivity contribution in [3.63, 3.8) is 0 Å². The van der Waals surface area contributed by atoms with Crippen LogP contribution in [-0.4, -0.2) is 62.1 Å². The van der Waals surface area contributed by atoms with Crippen molar-refractivity contribution in [2.24, 2.45) is 0 Å². The quantitative estimate of drug-likeness (QED) is 0.370. The predicted octanol–water partition coefficient (Wildman–Crippen LogP) is 2.77. The van der Waals surface area contributed by atoms with Gasteiger partial charge in [0.2, 0.25) is 0 Å². The van der Waals surface area contributed by atoms with Gasteiger partial charge < -0.3 is 19.3 Å². The molecule has 2 aromatic carbocycles. The number of nitro groups is 1. The van der Waals surface area contributed by atoms with Crippen molar-refractivity contribution in [1.82, 2.24) is 4.90 Å². The normalized spacial score (nSPS) is 18.2. The molecule has 9 nitrogen and oxygen atoms in total. The zero-order valence-electron chi connectivity index (χ0n) is 18.6. The number of hydrogen-bond acceptors (Lipinski definition) is 7. The van der Waals surface area contributed by atoms with Crippen molar-refractivity contribution >= 4 is 23.3 Å². The van der Waals surface area contributed by atoms with Crippen molar-refractivity contribution in [2.75, 3.05) is 39.2 Å². The molecule has 0 aromatic heterocycles. The van der Waals surface area contributed by atoms with E-state index in [-0.39, 0.29) is 12.1 Å². The largest absolute Gasteiger partial charge is 0.497 e. The third-order valence-electron chi connectivity index (χ3n) is 5.52. The number of nitrogens with zero attached hydrogens (tertiary/aromatic N) is 3. The highest BCUT2D eigenvalue weighted by Crippen LogP contribution is 2.40. The molecule has 0 N–H and O–H groups in total. The molecule has 1 aliphatic rings. The summed E-state index contributed by atoms with van der Waals surface area (Å²) in [5, 5.41) is 11.8. The Hall–Kier alpha value is -3.46. The Labute approximate surface area is 186 Å². The summed E-state index contributed by atoms with van der Waals surface area (Å²) in [6, 6.07) is 11.8. The van der Waals surface area contributed by atoms with Crippen LogP contribution in [0.5, 0.6) is 5.75 Å². The van der Waals surface area contributed by atoms with Crippen LogP contribution in [0.25, 0.3) is 0 Å². The lowest BCUT2D eigenvalue weighted by Crippen LogP contribution is -2.45. The number of nitro benzene ring substituents is 1. The van der Waals surface area contributed by atoms with Crippen LogP contribution < -0.4 is 9.64 Å². The highest BCUT2D eigenvalue weighted by atomic mass is 16.6. The Morgan fingerprint density at radius 3 is 2.47 bits per heavy atom. The van der Waals surface area contributed by atoms with Gasteiger partial charge in [0.05, 0.1) is 23.3 Å². The average molecular weight is 441 g/mol. The van der Waals surface area contributed by atoms with Gasteiger partial charge >= 0.3 is 5.97 Å². The number of ether oxygens (including phenoxy) is 2. The van der Waals surface area contributed by atoms with Crippen LogP contribution in [0.1, 0.15) is 24.0 Å². The van der Waals surface area contributed by atoms with Gasteiger partial charge in [0, 0.05) is 32.0 Å². The molecule has 0 bridgehead atoms. The maximum Gasteiger partial charge on any atom is 0.303 e. The van der Waals surface area contributed by atoms with Gasteiger partial charge in [-0.05, 0) is 44.3 Å². The molecule has 0 spiro atoms. The molecule has 0 saturated heterocycles. The topological polar surface area (TPSA) is 102 Å². The third kappa shape index (κ3) is 4.88. The smallest absolute Gasteiger partial charge is 0.303 e. The van der Waals surface area contributed by atoms with Crippen LogP contribution in [0.15, 0.2) is 42.5 Å². The van der Waals surface area contributed by atoms with E-state index in [1.165, 1.54) is 17.9 Å². The Morgan fingerprint density at radius 2 is 1.91 bits per heavy atom. The van der Waals surface area contributed by atoms with Gasteiger partial charge in [-0.1, -0.05) is 18.2 Å². The molecule has 1 heterocycles. The lowest BCUT2D eigenvalue weighted by molar-refractivity contribution is -0.385. The summed E-state index contributed by atoms with van der Waals surface area (Å²) in [6.45, 7) is 2.09. The molecule has 170 valence electrons. The zero-order chi connectivity index (χ0) is 23.4. The molecule has 1 aliphatic heterocycles. The van der Waals surface area contributed by atoms with Crippen LogP contribution >= 0.6 is 0 Å². The van der Waals surface area contributed by atoms with Gasteiger partial charge in [0.15, 0.2) is 6.10 Å². The first-order valence-corrected chi connectivity index (χ1v) is 10.3. The lowest BCUT2D eigenvalue weighted by atomic mass is 9.87. The van der Waals surface area contributed by atoms with E-state index in [0.29, 0.717) is 30.1 Å². The van der Waals surface area contributed by atoms with Crippen LogP contribution in [0.4, 0.5) is 11.4 Å². The molecule has 3 rings (SSSR count). The molecule has 1 amide bonds. The molecule has 2 aromatic rings. The van der Waals surface area contributed by atoms with Crippen molar-refractivity contribution in [3.8, 4) is 5.75 Å². The SMILES string of the molecule is COc1ccc([C@@H]2Cc3c(cccc3[N+](=O)[O-])N(CCN(C)C)C(=O)[C@@H]2OC(C)=O)cc1. The van der Waals surface area contributed by atoms with Crippen LogP contribution in [0.3, 0.4) is 0 Å². The van der Waals surface area contributed by atoms with E-state index in [2.05, 4.69) is 0 Å². The minimum absolute atomic E-state index is 0.0628. The Morgan fingerprint density at radius 1 is 1.22 bits per heavy atom. The molecule has 0 radical (unpaired) electrons. The molecular formula is C23H27N3O6. The van der Waals surface area contributed by atoms with Crippen molar-refractivity contribution < 1.29 is 24.0 Å². The number of anilines is 1. The van der Waals surface area contributed by atoms with Crippen molar-refractivity contribution in [1.29, 1.82) is 0 Å². The number of fused-ring (bicyclic) bond motifs is 1. The number of esters is 1. The van der Waals surface area contributed by atoms with E-state index in [4.69, 9.17) is 9.47 Å². The molecule has 2 atom stereocenters. The van der Waals surface area contributed by atoms with E-state index in [0.717, 1.165) is 5.56 Å². The predicted molar refractivity (Wildman–Crippen MR) is 119 cm³/mol. The maximum atomic E-state index is 13.7. The van der Waals surface area contributed by atoms with Gasteiger partial charge in [-0.2, -0.15) is 0 Å². The minimum atomic E-state index is -1.12. The van der Waals surface area contributed by atoms with Crippen molar-refractivity contribution in [2.45, 2.75) is 25.4 Å². The minimum Gasteiger partial charge on any atom is -0.497 e. The molecule has 0 fully saturated rings. The molecule has 0 unspecified atom stereocenters. The summed E-state index contributed by atoms with van der Waals surface area (Å²) in [4.78, 5) is 40.4. The molecule has 0 saturated carbocycles. The number of amides is 1.